The second-order valence-corrected chi connectivity index (χ2v) is 13.4. The first-order chi connectivity index (χ1) is 15.2. The Balaban J connectivity index is 1.13. The summed E-state index contributed by atoms with van der Waals surface area (Å²) in [5.41, 5.74) is 0.892. The van der Waals surface area contributed by atoms with Crippen LogP contribution in [0.2, 0.25) is 5.02 Å². The van der Waals surface area contributed by atoms with Crippen LogP contribution in [0.3, 0.4) is 0 Å². The lowest BCUT2D eigenvalue weighted by Gasteiger charge is -2.59. The van der Waals surface area contributed by atoms with Gasteiger partial charge in [-0.3, -0.25) is 9.52 Å². The number of hydrogen-bond acceptors (Lipinski definition) is 4. The van der Waals surface area contributed by atoms with Crippen LogP contribution < -0.4 is 4.72 Å². The zero-order chi connectivity index (χ0) is 22.3. The molecule has 5 saturated carbocycles. The normalized spacial score (nSPS) is 38.5. The number of likely N-dealkylation sites (tertiary alicyclic amines) is 1. The molecule has 0 radical (unpaired) electrons. The number of sulfonamides is 1. The molecule has 1 aromatic rings. The van der Waals surface area contributed by atoms with Gasteiger partial charge in [-0.15, -0.1) is 0 Å². The van der Waals surface area contributed by atoms with Gasteiger partial charge in [0.05, 0.1) is 10.9 Å². The number of anilines is 1. The Morgan fingerprint density at radius 3 is 2.47 bits per heavy atom. The Morgan fingerprint density at radius 1 is 1.12 bits per heavy atom. The Labute approximate surface area is 194 Å². The van der Waals surface area contributed by atoms with Crippen molar-refractivity contribution in [1.82, 2.24) is 4.90 Å². The van der Waals surface area contributed by atoms with E-state index in [-0.39, 0.29) is 17.1 Å². The van der Waals surface area contributed by atoms with Crippen LogP contribution in [-0.2, 0) is 21.2 Å². The van der Waals surface area contributed by atoms with Crippen LogP contribution in [0.5, 0.6) is 0 Å². The van der Waals surface area contributed by atoms with Gasteiger partial charge < -0.3 is 10.0 Å². The zero-order valence-electron chi connectivity index (χ0n) is 18.2. The number of hydrogen-bond donors (Lipinski definition) is 2. The van der Waals surface area contributed by atoms with E-state index in [1.165, 1.54) is 0 Å². The van der Waals surface area contributed by atoms with Crippen molar-refractivity contribution in [2.24, 2.45) is 23.7 Å². The fourth-order valence-electron chi connectivity index (χ4n) is 7.38. The third-order valence-electron chi connectivity index (χ3n) is 8.64. The lowest BCUT2D eigenvalue weighted by molar-refractivity contribution is -0.168. The molecule has 1 aliphatic heterocycles. The topological polar surface area (TPSA) is 86.7 Å². The molecule has 7 rings (SSSR count). The number of benzene rings is 1. The van der Waals surface area contributed by atoms with Gasteiger partial charge in [0.25, 0.3) is 0 Å². The molecule has 6 nitrogen and oxygen atoms in total. The summed E-state index contributed by atoms with van der Waals surface area (Å²) in [5.74, 6) is 1.66. The number of aliphatic hydroxyl groups is 1. The van der Waals surface area contributed by atoms with Crippen LogP contribution in [0, 0.1) is 23.7 Å². The molecule has 6 fully saturated rings. The molecule has 174 valence electrons. The molecule has 1 heterocycles. The predicted octanol–water partition coefficient (Wildman–Crippen LogP) is 3.57. The Bertz CT molecular complexity index is 1040. The molecular weight excluding hydrogens is 448 g/mol. The van der Waals surface area contributed by atoms with E-state index in [2.05, 4.69) is 9.62 Å². The highest BCUT2D eigenvalue weighted by Gasteiger charge is 2.57. The summed E-state index contributed by atoms with van der Waals surface area (Å²) in [6.45, 7) is 0.793. The molecule has 4 bridgehead atoms. The SMILES string of the molecule is O=C1C(Cc2ccc(NS(=O)(=O)C3CC3)cc2Cl)CCN1C1C2CC3CC1CC(O)(C3)C2. The maximum atomic E-state index is 13.4. The molecule has 1 saturated heterocycles. The highest BCUT2D eigenvalue weighted by Crippen LogP contribution is 2.57. The molecule has 2 N–H and O–H groups in total. The number of rotatable bonds is 6. The molecule has 1 amide bonds. The van der Waals surface area contributed by atoms with Gasteiger partial charge in [-0.25, -0.2) is 8.42 Å². The van der Waals surface area contributed by atoms with Crippen molar-refractivity contribution in [1.29, 1.82) is 0 Å². The zero-order valence-corrected chi connectivity index (χ0v) is 19.7. The van der Waals surface area contributed by atoms with Crippen LogP contribution in [0.1, 0.15) is 56.9 Å². The molecule has 0 aromatic heterocycles. The lowest BCUT2D eigenvalue weighted by Crippen LogP contribution is -2.62. The summed E-state index contributed by atoms with van der Waals surface area (Å²) in [6, 6.07) is 5.55. The lowest BCUT2D eigenvalue weighted by atomic mass is 9.52. The summed E-state index contributed by atoms with van der Waals surface area (Å²) < 4.78 is 27.0. The van der Waals surface area contributed by atoms with Crippen LogP contribution in [0.15, 0.2) is 18.2 Å². The molecule has 1 aromatic carbocycles. The average Bonchev–Trinajstić information content (AvgIpc) is 3.50. The van der Waals surface area contributed by atoms with E-state index in [1.54, 1.807) is 12.1 Å². The standard InChI is InChI=1S/C24H31ClN2O4S/c25-21-10-19(26-32(30,31)20-3-4-20)2-1-15(21)9-16-5-6-27(23(16)28)22-17-7-14-8-18(22)13-24(29,11-14)12-17/h1-2,10,14,16-18,20,22,26,29H,3-9,11-13H2. The summed E-state index contributed by atoms with van der Waals surface area (Å²) in [5, 5.41) is 11.1. The van der Waals surface area contributed by atoms with Crippen molar-refractivity contribution in [2.45, 2.75) is 74.7 Å². The highest BCUT2D eigenvalue weighted by atomic mass is 35.5. The van der Waals surface area contributed by atoms with Gasteiger partial charge in [0.2, 0.25) is 15.9 Å². The molecule has 3 unspecified atom stereocenters. The van der Waals surface area contributed by atoms with Gasteiger partial charge in [0.1, 0.15) is 0 Å². The number of halogens is 1. The van der Waals surface area contributed by atoms with E-state index in [4.69, 9.17) is 11.6 Å². The molecule has 8 heteroatoms. The van der Waals surface area contributed by atoms with Crippen LogP contribution in [-0.4, -0.2) is 47.8 Å². The Kier molecular flexibility index (Phi) is 4.87. The van der Waals surface area contributed by atoms with Crippen molar-refractivity contribution in [3.63, 3.8) is 0 Å². The van der Waals surface area contributed by atoms with Gasteiger partial charge in [-0.1, -0.05) is 17.7 Å². The van der Waals surface area contributed by atoms with Crippen molar-refractivity contribution >= 4 is 33.2 Å². The monoisotopic (exact) mass is 478 g/mol. The second-order valence-electron chi connectivity index (χ2n) is 11.1. The van der Waals surface area contributed by atoms with Gasteiger partial charge in [-0.05, 0) is 93.2 Å². The second kappa shape index (κ2) is 7.34. The van der Waals surface area contributed by atoms with Gasteiger partial charge in [0, 0.05) is 29.2 Å². The van der Waals surface area contributed by atoms with Crippen LogP contribution >= 0.6 is 11.6 Å². The van der Waals surface area contributed by atoms with E-state index in [0.717, 1.165) is 50.6 Å². The van der Waals surface area contributed by atoms with E-state index >= 15 is 0 Å². The van der Waals surface area contributed by atoms with Gasteiger partial charge in [-0.2, -0.15) is 0 Å². The molecule has 6 aliphatic rings. The molecule has 3 atom stereocenters. The molecule has 5 aliphatic carbocycles. The van der Waals surface area contributed by atoms with E-state index < -0.39 is 15.6 Å². The number of nitrogens with zero attached hydrogens (tertiary/aromatic N) is 1. The Hall–Kier alpha value is -1.31. The van der Waals surface area contributed by atoms with E-state index in [9.17, 15) is 18.3 Å². The average molecular weight is 479 g/mol. The van der Waals surface area contributed by atoms with Crippen molar-refractivity contribution in [2.75, 3.05) is 11.3 Å². The van der Waals surface area contributed by atoms with Crippen molar-refractivity contribution < 1.29 is 18.3 Å². The highest BCUT2D eigenvalue weighted by molar-refractivity contribution is 7.93. The van der Waals surface area contributed by atoms with Crippen LogP contribution in [0.4, 0.5) is 5.69 Å². The number of carbonyl (C=O) groups is 1. The first kappa shape index (κ1) is 21.2. The van der Waals surface area contributed by atoms with Crippen molar-refractivity contribution in [3.05, 3.63) is 28.8 Å². The first-order valence-corrected chi connectivity index (χ1v) is 14.0. The third-order valence-corrected chi connectivity index (χ3v) is 10.9. The first-order valence-electron chi connectivity index (χ1n) is 12.0. The fraction of sp³-hybridized carbons (Fsp3) is 0.708. The number of amides is 1. The maximum Gasteiger partial charge on any atom is 0.235 e. The minimum Gasteiger partial charge on any atom is -0.390 e. The quantitative estimate of drug-likeness (QED) is 0.654. The summed E-state index contributed by atoms with van der Waals surface area (Å²) in [7, 11) is -3.32. The summed E-state index contributed by atoms with van der Waals surface area (Å²) in [6.07, 6.45) is 7.80. The number of nitrogens with one attached hydrogen (secondary N) is 1. The largest absolute Gasteiger partial charge is 0.390 e. The molecule has 0 spiro atoms. The van der Waals surface area contributed by atoms with Gasteiger partial charge >= 0.3 is 0 Å². The fourth-order valence-corrected chi connectivity index (χ4v) is 9.02. The Morgan fingerprint density at radius 2 is 1.84 bits per heavy atom. The van der Waals surface area contributed by atoms with E-state index in [1.807, 2.05) is 6.07 Å². The molecule has 32 heavy (non-hydrogen) atoms. The third kappa shape index (κ3) is 3.64. The van der Waals surface area contributed by atoms with Crippen molar-refractivity contribution in [3.8, 4) is 0 Å². The summed E-state index contributed by atoms with van der Waals surface area (Å²) >= 11 is 6.49. The van der Waals surface area contributed by atoms with E-state index in [0.29, 0.717) is 53.8 Å². The number of carbonyl (C=O) groups excluding carboxylic acids is 1. The van der Waals surface area contributed by atoms with Crippen LogP contribution in [0.25, 0.3) is 0 Å². The minimum absolute atomic E-state index is 0.0817. The maximum absolute atomic E-state index is 13.4. The smallest absolute Gasteiger partial charge is 0.235 e. The molecular formula is C24H31ClN2O4S. The minimum atomic E-state index is -3.32. The predicted molar refractivity (Wildman–Crippen MR) is 123 cm³/mol. The summed E-state index contributed by atoms with van der Waals surface area (Å²) in [4.78, 5) is 15.5. The van der Waals surface area contributed by atoms with Gasteiger partial charge in [0.15, 0.2) is 0 Å².